The minimum absolute atomic E-state index is 0.0765. The van der Waals surface area contributed by atoms with Crippen molar-refractivity contribution in [2.24, 2.45) is 0 Å². The summed E-state index contributed by atoms with van der Waals surface area (Å²) < 4.78 is 40.1. The maximum absolute atomic E-state index is 13.0. The number of nitrogens with one attached hydrogen (secondary N) is 1. The highest BCUT2D eigenvalue weighted by Crippen LogP contribution is 2.35. The molecule has 0 aliphatic carbocycles. The lowest BCUT2D eigenvalue weighted by Gasteiger charge is -2.18. The molecule has 2 aromatic heterocycles. The molecule has 9 heteroatoms. The fourth-order valence-corrected chi connectivity index (χ4v) is 4.23. The normalized spacial score (nSPS) is 13.2. The van der Waals surface area contributed by atoms with E-state index in [1.54, 1.807) is 13.8 Å². The minimum Gasteiger partial charge on any atom is -0.399 e. The van der Waals surface area contributed by atoms with Gasteiger partial charge in [-0.25, -0.2) is 9.97 Å². The van der Waals surface area contributed by atoms with Crippen molar-refractivity contribution in [3.05, 3.63) is 44.1 Å². The van der Waals surface area contributed by atoms with E-state index in [9.17, 15) is 13.2 Å². The number of aromatic nitrogens is 2. The lowest BCUT2D eigenvalue weighted by molar-refractivity contribution is -0.137. The Morgan fingerprint density at radius 2 is 1.92 bits per heavy atom. The quantitative estimate of drug-likeness (QED) is 0.392. The monoisotopic (exact) mass is 478 g/mol. The van der Waals surface area contributed by atoms with Crippen LogP contribution in [-0.2, 0) is 6.18 Å². The topological polar surface area (TPSA) is 63.8 Å². The van der Waals surface area contributed by atoms with Crippen LogP contribution in [0.2, 0.25) is 0 Å². The van der Waals surface area contributed by atoms with Crippen LogP contribution in [0.25, 0.3) is 10.2 Å². The summed E-state index contributed by atoms with van der Waals surface area (Å²) in [5.41, 5.74) is 5.42. The predicted molar refractivity (Wildman–Crippen MR) is 103 cm³/mol. The lowest BCUT2D eigenvalue weighted by atomic mass is 10.0. The SMILES string of the molecule is Cc1nc(NC(C)c2cc(N)cc(C(F)(F)F)c2)c2cc(I)sc2n1. The second kappa shape index (κ2) is 6.60. The number of nitrogens with zero attached hydrogens (tertiary/aromatic N) is 2. The summed E-state index contributed by atoms with van der Waals surface area (Å²) in [6, 6.07) is 5.13. The second-order valence-corrected chi connectivity index (χ2v) is 8.57. The molecule has 1 aromatic carbocycles. The first-order valence-electron chi connectivity index (χ1n) is 7.31. The summed E-state index contributed by atoms with van der Waals surface area (Å²) in [6.45, 7) is 3.56. The van der Waals surface area contributed by atoms with Gasteiger partial charge in [0.15, 0.2) is 0 Å². The molecule has 0 aliphatic heterocycles. The predicted octanol–water partition coefficient (Wildman–Crippen LogP) is 5.38. The number of thiophene rings is 1. The third kappa shape index (κ3) is 3.97. The van der Waals surface area contributed by atoms with Crippen LogP contribution >= 0.6 is 33.9 Å². The molecule has 3 rings (SSSR count). The minimum atomic E-state index is -4.44. The lowest BCUT2D eigenvalue weighted by Crippen LogP contribution is -2.12. The molecule has 0 saturated heterocycles. The molecule has 0 amide bonds. The van der Waals surface area contributed by atoms with Gasteiger partial charge in [-0.3, -0.25) is 0 Å². The Balaban J connectivity index is 1.98. The molecular weight excluding hydrogens is 464 g/mol. The van der Waals surface area contributed by atoms with E-state index >= 15 is 0 Å². The van der Waals surface area contributed by atoms with Crippen molar-refractivity contribution < 1.29 is 13.2 Å². The largest absolute Gasteiger partial charge is 0.416 e. The van der Waals surface area contributed by atoms with Crippen molar-refractivity contribution >= 4 is 55.6 Å². The number of hydrogen-bond donors (Lipinski definition) is 2. The molecule has 1 unspecified atom stereocenters. The summed E-state index contributed by atoms with van der Waals surface area (Å²) in [5.74, 6) is 1.20. The first-order chi connectivity index (χ1) is 11.6. The van der Waals surface area contributed by atoms with Crippen LogP contribution < -0.4 is 11.1 Å². The van der Waals surface area contributed by atoms with E-state index in [1.165, 1.54) is 17.4 Å². The van der Waals surface area contributed by atoms with Crippen molar-refractivity contribution in [1.82, 2.24) is 9.97 Å². The van der Waals surface area contributed by atoms with Crippen LogP contribution in [0.15, 0.2) is 24.3 Å². The molecule has 0 radical (unpaired) electrons. The zero-order valence-electron chi connectivity index (χ0n) is 13.3. The van der Waals surface area contributed by atoms with Gasteiger partial charge in [0.05, 0.1) is 19.9 Å². The van der Waals surface area contributed by atoms with Gasteiger partial charge in [-0.1, -0.05) is 0 Å². The van der Waals surface area contributed by atoms with Gasteiger partial charge >= 0.3 is 6.18 Å². The van der Waals surface area contributed by atoms with E-state index in [-0.39, 0.29) is 5.69 Å². The molecule has 1 atom stereocenters. The van der Waals surface area contributed by atoms with Gasteiger partial charge in [-0.05, 0) is 66.3 Å². The standard InChI is InChI=1S/C16H14F3IN4S/c1-7(9-3-10(16(17,18)19)5-11(21)4-9)22-14-12-6-13(20)25-15(12)24-8(2)23-14/h3-7H,21H2,1-2H3,(H,22,23,24). The van der Waals surface area contributed by atoms with Crippen LogP contribution in [0, 0.1) is 9.81 Å². The maximum Gasteiger partial charge on any atom is 0.416 e. The smallest absolute Gasteiger partial charge is 0.399 e. The van der Waals surface area contributed by atoms with Crippen molar-refractivity contribution in [1.29, 1.82) is 0 Å². The number of nitrogen functional groups attached to an aromatic ring is 1. The van der Waals surface area contributed by atoms with E-state index in [4.69, 9.17) is 5.73 Å². The summed E-state index contributed by atoms with van der Waals surface area (Å²) in [5, 5.41) is 4.04. The molecule has 3 aromatic rings. The molecule has 0 saturated carbocycles. The third-order valence-corrected chi connectivity index (χ3v) is 5.42. The molecule has 25 heavy (non-hydrogen) atoms. The van der Waals surface area contributed by atoms with Gasteiger partial charge in [-0.15, -0.1) is 11.3 Å². The van der Waals surface area contributed by atoms with Crippen LogP contribution in [0.1, 0.15) is 29.9 Å². The zero-order chi connectivity index (χ0) is 18.4. The molecule has 0 bridgehead atoms. The van der Waals surface area contributed by atoms with Crippen molar-refractivity contribution in [2.45, 2.75) is 26.1 Å². The number of fused-ring (bicyclic) bond motifs is 1. The molecule has 3 N–H and O–H groups in total. The molecule has 0 fully saturated rings. The summed E-state index contributed by atoms with van der Waals surface area (Å²) >= 11 is 3.74. The maximum atomic E-state index is 13.0. The highest BCUT2D eigenvalue weighted by molar-refractivity contribution is 14.1. The molecule has 132 valence electrons. The summed E-state index contributed by atoms with van der Waals surface area (Å²) in [6.07, 6.45) is -4.44. The van der Waals surface area contributed by atoms with E-state index < -0.39 is 17.8 Å². The average Bonchev–Trinajstić information content (AvgIpc) is 2.86. The Morgan fingerprint density at radius 1 is 1.20 bits per heavy atom. The second-order valence-electron chi connectivity index (χ2n) is 5.64. The van der Waals surface area contributed by atoms with Crippen LogP contribution in [0.4, 0.5) is 24.7 Å². The number of anilines is 2. The highest BCUT2D eigenvalue weighted by atomic mass is 127. The Labute approximate surface area is 159 Å². The third-order valence-electron chi connectivity index (χ3n) is 3.63. The first kappa shape index (κ1) is 18.2. The number of aryl methyl sites for hydroxylation is 1. The van der Waals surface area contributed by atoms with Gasteiger partial charge in [0.2, 0.25) is 0 Å². The average molecular weight is 478 g/mol. The first-order valence-corrected chi connectivity index (χ1v) is 9.21. The van der Waals surface area contributed by atoms with Crippen LogP contribution in [0.3, 0.4) is 0 Å². The number of alkyl halides is 3. The Kier molecular flexibility index (Phi) is 4.80. The molecular formula is C16H14F3IN4S. The van der Waals surface area contributed by atoms with Crippen molar-refractivity contribution in [3.8, 4) is 0 Å². The van der Waals surface area contributed by atoms with Gasteiger partial charge in [0.1, 0.15) is 16.5 Å². The molecule has 4 nitrogen and oxygen atoms in total. The van der Waals surface area contributed by atoms with Crippen molar-refractivity contribution in [3.63, 3.8) is 0 Å². The van der Waals surface area contributed by atoms with E-state index in [2.05, 4.69) is 37.9 Å². The molecule has 2 heterocycles. The molecule has 0 spiro atoms. The molecule has 0 aliphatic rings. The fraction of sp³-hybridized carbons (Fsp3) is 0.250. The van der Waals surface area contributed by atoms with E-state index in [0.717, 1.165) is 25.2 Å². The number of rotatable bonds is 3. The van der Waals surface area contributed by atoms with Crippen molar-refractivity contribution in [2.75, 3.05) is 11.1 Å². The van der Waals surface area contributed by atoms with Gasteiger partial charge in [-0.2, -0.15) is 13.2 Å². The summed E-state index contributed by atoms with van der Waals surface area (Å²) in [7, 11) is 0. The number of nitrogens with two attached hydrogens (primary N) is 1. The number of hydrogen-bond acceptors (Lipinski definition) is 5. The Morgan fingerprint density at radius 3 is 2.60 bits per heavy atom. The summed E-state index contributed by atoms with van der Waals surface area (Å²) in [4.78, 5) is 9.64. The van der Waals surface area contributed by atoms with E-state index in [0.29, 0.717) is 17.2 Å². The Hall–Kier alpha value is -1.62. The zero-order valence-corrected chi connectivity index (χ0v) is 16.3. The highest BCUT2D eigenvalue weighted by Gasteiger charge is 2.31. The van der Waals surface area contributed by atoms with Gasteiger partial charge < -0.3 is 11.1 Å². The van der Waals surface area contributed by atoms with E-state index in [1.807, 2.05) is 6.07 Å². The van der Waals surface area contributed by atoms with Crippen LogP contribution in [0.5, 0.6) is 0 Å². The number of benzene rings is 1. The Bertz CT molecular complexity index is 939. The fourth-order valence-electron chi connectivity index (χ4n) is 2.49. The van der Waals surface area contributed by atoms with Gasteiger partial charge in [0.25, 0.3) is 0 Å². The number of halogens is 4. The van der Waals surface area contributed by atoms with Crippen LogP contribution in [-0.4, -0.2) is 9.97 Å². The van der Waals surface area contributed by atoms with Gasteiger partial charge in [0, 0.05) is 5.69 Å².